The third-order valence-electron chi connectivity index (χ3n) is 3.93. The molecule has 1 atom stereocenters. The van der Waals surface area contributed by atoms with E-state index in [0.717, 1.165) is 25.0 Å². The summed E-state index contributed by atoms with van der Waals surface area (Å²) in [5.41, 5.74) is 0.617. The first-order valence-electron chi connectivity index (χ1n) is 7.67. The van der Waals surface area contributed by atoms with E-state index in [-0.39, 0.29) is 17.9 Å². The van der Waals surface area contributed by atoms with Crippen LogP contribution in [0.3, 0.4) is 0 Å². The van der Waals surface area contributed by atoms with Gasteiger partial charge in [-0.1, -0.05) is 12.1 Å². The van der Waals surface area contributed by atoms with Crippen LogP contribution in [0.5, 0.6) is 0 Å². The lowest BCUT2D eigenvalue weighted by atomic mass is 9.90. The monoisotopic (exact) mass is 304 g/mol. The maximum atomic E-state index is 12.4. The van der Waals surface area contributed by atoms with Crippen molar-refractivity contribution in [3.8, 4) is 0 Å². The smallest absolute Gasteiger partial charge is 0.239 e. The van der Waals surface area contributed by atoms with E-state index in [4.69, 9.17) is 4.74 Å². The number of aryl methyl sites for hydroxylation is 1. The zero-order valence-corrected chi connectivity index (χ0v) is 13.4. The molecule has 0 saturated carbocycles. The topological polar surface area (TPSA) is 67.4 Å². The van der Waals surface area contributed by atoms with Crippen LogP contribution in [0, 0.1) is 12.3 Å². The Bertz CT molecular complexity index is 549. The summed E-state index contributed by atoms with van der Waals surface area (Å²) >= 11 is 0. The van der Waals surface area contributed by atoms with Crippen molar-refractivity contribution in [3.63, 3.8) is 0 Å². The number of hydrogen-bond donors (Lipinski definition) is 2. The number of nitrogens with one attached hydrogen (secondary N) is 2. The van der Waals surface area contributed by atoms with Gasteiger partial charge in [-0.2, -0.15) is 0 Å². The highest BCUT2D eigenvalue weighted by atomic mass is 16.5. The van der Waals surface area contributed by atoms with Crippen molar-refractivity contribution < 1.29 is 14.3 Å². The van der Waals surface area contributed by atoms with Crippen molar-refractivity contribution in [2.45, 2.75) is 39.7 Å². The van der Waals surface area contributed by atoms with Crippen molar-refractivity contribution >= 4 is 17.5 Å². The molecule has 0 spiro atoms. The molecule has 0 aliphatic carbocycles. The summed E-state index contributed by atoms with van der Waals surface area (Å²) in [6.45, 7) is 6.42. The molecule has 2 N–H and O–H groups in total. The Balaban J connectivity index is 1.92. The van der Waals surface area contributed by atoms with Crippen LogP contribution in [0.2, 0.25) is 0 Å². The molecule has 0 bridgehead atoms. The van der Waals surface area contributed by atoms with E-state index in [1.54, 1.807) is 13.8 Å². The molecule has 1 heterocycles. The van der Waals surface area contributed by atoms with E-state index in [0.29, 0.717) is 12.2 Å². The number of hydrogen-bond acceptors (Lipinski definition) is 3. The minimum absolute atomic E-state index is 0.0691. The van der Waals surface area contributed by atoms with Gasteiger partial charge in [0.1, 0.15) is 5.41 Å². The Kier molecular flexibility index (Phi) is 5.19. The predicted octanol–water partition coefficient (Wildman–Crippen LogP) is 2.25. The Morgan fingerprint density at radius 1 is 1.32 bits per heavy atom. The summed E-state index contributed by atoms with van der Waals surface area (Å²) in [7, 11) is 0. The van der Waals surface area contributed by atoms with Gasteiger partial charge in [-0.3, -0.25) is 9.59 Å². The fraction of sp³-hybridized carbons (Fsp3) is 0.529. The zero-order valence-electron chi connectivity index (χ0n) is 13.4. The molecule has 1 fully saturated rings. The van der Waals surface area contributed by atoms with E-state index in [2.05, 4.69) is 10.6 Å². The van der Waals surface area contributed by atoms with E-state index in [1.165, 1.54) is 0 Å². The lowest BCUT2D eigenvalue weighted by Crippen LogP contribution is -2.47. The molecule has 0 radical (unpaired) electrons. The van der Waals surface area contributed by atoms with Gasteiger partial charge in [-0.05, 0) is 51.3 Å². The molecule has 1 aliphatic heterocycles. The van der Waals surface area contributed by atoms with E-state index < -0.39 is 5.41 Å². The maximum Gasteiger partial charge on any atom is 0.239 e. The maximum absolute atomic E-state index is 12.4. The Labute approximate surface area is 131 Å². The number of rotatable bonds is 5. The average Bonchev–Trinajstić information content (AvgIpc) is 2.97. The fourth-order valence-electron chi connectivity index (χ4n) is 2.35. The highest BCUT2D eigenvalue weighted by Crippen LogP contribution is 2.20. The van der Waals surface area contributed by atoms with Crippen molar-refractivity contribution in [3.05, 3.63) is 29.8 Å². The Morgan fingerprint density at radius 2 is 2.09 bits per heavy atom. The normalized spacial score (nSPS) is 18.0. The van der Waals surface area contributed by atoms with Gasteiger partial charge >= 0.3 is 0 Å². The van der Waals surface area contributed by atoms with Crippen LogP contribution in [0.1, 0.15) is 32.3 Å². The molecule has 2 amide bonds. The second kappa shape index (κ2) is 6.92. The van der Waals surface area contributed by atoms with Gasteiger partial charge in [0.05, 0.1) is 6.10 Å². The summed E-state index contributed by atoms with van der Waals surface area (Å²) in [6, 6.07) is 7.51. The lowest BCUT2D eigenvalue weighted by Gasteiger charge is -2.23. The molecule has 1 unspecified atom stereocenters. The first-order valence-corrected chi connectivity index (χ1v) is 7.67. The molecule has 2 rings (SSSR count). The highest BCUT2D eigenvalue weighted by Gasteiger charge is 2.36. The summed E-state index contributed by atoms with van der Waals surface area (Å²) in [5, 5.41) is 5.62. The number of carbonyl (C=O) groups excluding carboxylic acids is 2. The number of amides is 2. The van der Waals surface area contributed by atoms with Gasteiger partial charge in [-0.15, -0.1) is 0 Å². The molecule has 5 heteroatoms. The summed E-state index contributed by atoms with van der Waals surface area (Å²) in [6.07, 6.45) is 2.05. The Morgan fingerprint density at radius 3 is 2.73 bits per heavy atom. The number of anilines is 1. The van der Waals surface area contributed by atoms with Crippen LogP contribution in [-0.2, 0) is 14.3 Å². The van der Waals surface area contributed by atoms with Crippen LogP contribution in [0.15, 0.2) is 24.3 Å². The van der Waals surface area contributed by atoms with Crippen molar-refractivity contribution in [1.82, 2.24) is 5.32 Å². The minimum Gasteiger partial charge on any atom is -0.376 e. The second-order valence-electron chi connectivity index (χ2n) is 6.29. The molecule has 22 heavy (non-hydrogen) atoms. The first kappa shape index (κ1) is 16.5. The van der Waals surface area contributed by atoms with Crippen LogP contribution in [0.25, 0.3) is 0 Å². The minimum atomic E-state index is -1.14. The van der Waals surface area contributed by atoms with Gasteiger partial charge in [0.15, 0.2) is 0 Å². The molecule has 120 valence electrons. The molecule has 1 saturated heterocycles. The Hall–Kier alpha value is -1.88. The van der Waals surface area contributed by atoms with E-state index in [1.807, 2.05) is 31.2 Å². The molecule has 1 aromatic rings. The summed E-state index contributed by atoms with van der Waals surface area (Å²) < 4.78 is 5.47. The largest absolute Gasteiger partial charge is 0.376 e. The van der Waals surface area contributed by atoms with Crippen molar-refractivity contribution in [1.29, 1.82) is 0 Å². The van der Waals surface area contributed by atoms with Crippen LogP contribution >= 0.6 is 0 Å². The van der Waals surface area contributed by atoms with Gasteiger partial charge in [0.25, 0.3) is 0 Å². The third-order valence-corrected chi connectivity index (χ3v) is 3.93. The molecule has 0 aromatic heterocycles. The van der Waals surface area contributed by atoms with Gasteiger partial charge < -0.3 is 15.4 Å². The first-order chi connectivity index (χ1) is 10.4. The quantitative estimate of drug-likeness (QED) is 0.820. The number of ether oxygens (including phenoxy) is 1. The summed E-state index contributed by atoms with van der Waals surface area (Å²) in [5.74, 6) is -0.601. The summed E-state index contributed by atoms with van der Waals surface area (Å²) in [4.78, 5) is 24.7. The van der Waals surface area contributed by atoms with Crippen molar-refractivity contribution in [2.24, 2.45) is 5.41 Å². The molecule has 1 aliphatic rings. The van der Waals surface area contributed by atoms with E-state index >= 15 is 0 Å². The zero-order chi connectivity index (χ0) is 16.2. The second-order valence-corrected chi connectivity index (χ2v) is 6.29. The van der Waals surface area contributed by atoms with E-state index in [9.17, 15) is 9.59 Å². The lowest BCUT2D eigenvalue weighted by molar-refractivity contribution is -0.138. The van der Waals surface area contributed by atoms with Crippen LogP contribution in [0.4, 0.5) is 5.69 Å². The fourth-order valence-corrected chi connectivity index (χ4v) is 2.35. The molecule has 5 nitrogen and oxygen atoms in total. The number of carbonyl (C=O) groups is 2. The molecular weight excluding hydrogens is 280 g/mol. The van der Waals surface area contributed by atoms with Crippen LogP contribution < -0.4 is 10.6 Å². The van der Waals surface area contributed by atoms with Gasteiger partial charge in [-0.25, -0.2) is 0 Å². The molecular formula is C17H24N2O3. The number of benzene rings is 1. The average molecular weight is 304 g/mol. The standard InChI is InChI=1S/C17H24N2O3/c1-12-6-4-7-13(10-12)19-16(21)17(2,3)15(20)18-11-14-8-5-9-22-14/h4,6-7,10,14H,5,8-9,11H2,1-3H3,(H,18,20)(H,19,21). The van der Waals surface area contributed by atoms with Gasteiger partial charge in [0, 0.05) is 18.8 Å². The third kappa shape index (κ3) is 4.07. The van der Waals surface area contributed by atoms with Gasteiger partial charge in [0.2, 0.25) is 11.8 Å². The van der Waals surface area contributed by atoms with Crippen molar-refractivity contribution in [2.75, 3.05) is 18.5 Å². The highest BCUT2D eigenvalue weighted by molar-refractivity contribution is 6.09. The predicted molar refractivity (Wildman–Crippen MR) is 85.6 cm³/mol. The van der Waals surface area contributed by atoms with Crippen LogP contribution in [-0.4, -0.2) is 31.1 Å². The molecule has 1 aromatic carbocycles. The SMILES string of the molecule is Cc1cccc(NC(=O)C(C)(C)C(=O)NCC2CCCO2)c1.